The fraction of sp³-hybridized carbons (Fsp3) is 0.727. The van der Waals surface area contributed by atoms with Crippen LogP contribution in [0, 0.1) is 66.6 Å². The highest BCUT2D eigenvalue weighted by molar-refractivity contribution is 5.30. The lowest BCUT2D eigenvalue weighted by atomic mass is 10.2. The third-order valence-corrected chi connectivity index (χ3v) is 4.00. The second-order valence-electron chi connectivity index (χ2n) is 6.53. The number of rotatable bonds is 12. The Kier molecular flexibility index (Phi) is 7.27. The average Bonchev–Trinajstić information content (AvgIpc) is 2.64. The molecule has 1 aromatic rings. The van der Waals surface area contributed by atoms with Crippen molar-refractivity contribution >= 4 is 5.95 Å². The van der Waals surface area contributed by atoms with Crippen LogP contribution in [-0.4, -0.2) is 57.6 Å². The second kappa shape index (κ2) is 9.15. The van der Waals surface area contributed by atoms with E-state index in [1.807, 2.05) is 0 Å². The molecular formula is C11H14N10O12. The van der Waals surface area contributed by atoms with E-state index < -0.39 is 58.7 Å². The van der Waals surface area contributed by atoms with Gasteiger partial charge in [-0.05, 0) is 12.8 Å². The second-order valence-corrected chi connectivity index (χ2v) is 6.53. The number of hydrogen-bond acceptors (Lipinski definition) is 16. The minimum atomic E-state index is -4.61. The zero-order valence-electron chi connectivity index (χ0n) is 16.9. The molecule has 1 heterocycles. The van der Waals surface area contributed by atoms with Crippen molar-refractivity contribution in [3.8, 4) is 0 Å². The number of anilines is 1. The molecule has 22 nitrogen and oxygen atoms in total. The van der Waals surface area contributed by atoms with E-state index in [9.17, 15) is 60.7 Å². The van der Waals surface area contributed by atoms with Crippen LogP contribution in [0.4, 0.5) is 5.95 Å². The van der Waals surface area contributed by atoms with Crippen LogP contribution >= 0.6 is 0 Å². The smallest absolute Gasteiger partial charge is 0.341 e. The van der Waals surface area contributed by atoms with E-state index in [1.165, 1.54) is 6.92 Å². The van der Waals surface area contributed by atoms with E-state index in [4.69, 9.17) is 0 Å². The van der Waals surface area contributed by atoms with Gasteiger partial charge in [-0.1, -0.05) is 13.8 Å². The zero-order valence-corrected chi connectivity index (χ0v) is 16.9. The fourth-order valence-corrected chi connectivity index (χ4v) is 2.49. The predicted octanol–water partition coefficient (Wildman–Crippen LogP) is -0.765. The Morgan fingerprint density at radius 3 is 1.21 bits per heavy atom. The van der Waals surface area contributed by atoms with Gasteiger partial charge in [-0.25, -0.2) is 0 Å². The topological polar surface area (TPSA) is 301 Å². The maximum atomic E-state index is 11.4. The van der Waals surface area contributed by atoms with Gasteiger partial charge < -0.3 is 4.90 Å². The molecule has 0 saturated carbocycles. The molecular weight excluding hydrogens is 464 g/mol. The predicted molar refractivity (Wildman–Crippen MR) is 97.9 cm³/mol. The summed E-state index contributed by atoms with van der Waals surface area (Å²) in [6.07, 6.45) is 0. The van der Waals surface area contributed by atoms with Crippen molar-refractivity contribution in [3.05, 3.63) is 72.3 Å². The molecule has 1 aromatic heterocycles. The quantitative estimate of drug-likeness (QED) is 0.202. The molecule has 0 aliphatic rings. The van der Waals surface area contributed by atoms with E-state index in [2.05, 4.69) is 15.0 Å². The van der Waals surface area contributed by atoms with Gasteiger partial charge >= 0.3 is 23.2 Å². The Morgan fingerprint density at radius 2 is 1.00 bits per heavy atom. The molecule has 0 bridgehead atoms. The summed E-state index contributed by atoms with van der Waals surface area (Å²) in [7, 11) is 0. The third kappa shape index (κ3) is 4.07. The highest BCUT2D eigenvalue weighted by Crippen LogP contribution is 2.30. The highest BCUT2D eigenvalue weighted by Gasteiger charge is 2.80. The molecule has 0 aliphatic carbocycles. The molecule has 0 atom stereocenters. The molecule has 0 N–H and O–H groups in total. The molecule has 0 spiro atoms. The SMILES string of the molecule is CCN(CC(C)C)c1nc(C([N+](=O)[O-])([N+](=O)[O-])[N+](=O)[O-])nc(C([N+](=O)[O-])([N+](=O)[O-])[N+](=O)[O-])n1. The molecule has 0 saturated heterocycles. The van der Waals surface area contributed by atoms with Crippen LogP contribution in [0.15, 0.2) is 0 Å². The summed E-state index contributed by atoms with van der Waals surface area (Å²) >= 11 is 0. The first kappa shape index (κ1) is 26.2. The molecule has 0 radical (unpaired) electrons. The Balaban J connectivity index is 4.30. The van der Waals surface area contributed by atoms with Crippen molar-refractivity contribution in [2.24, 2.45) is 5.92 Å². The number of aromatic nitrogens is 3. The summed E-state index contributed by atoms with van der Waals surface area (Å²) in [5, 5.41) is 68.4. The van der Waals surface area contributed by atoms with Gasteiger partial charge in [0.05, 0.1) is 0 Å². The first-order valence-corrected chi connectivity index (χ1v) is 8.50. The Bertz CT molecular complexity index is 887. The molecule has 0 amide bonds. The summed E-state index contributed by atoms with van der Waals surface area (Å²) in [6.45, 7) is 4.47. The van der Waals surface area contributed by atoms with Crippen LogP contribution < -0.4 is 4.90 Å². The average molecular weight is 478 g/mol. The number of nitrogens with zero attached hydrogens (tertiary/aromatic N) is 10. The van der Waals surface area contributed by atoms with E-state index in [0.717, 1.165) is 4.90 Å². The molecule has 0 aromatic carbocycles. The van der Waals surface area contributed by atoms with E-state index >= 15 is 0 Å². The van der Waals surface area contributed by atoms with Crippen molar-refractivity contribution in [3.63, 3.8) is 0 Å². The fourth-order valence-electron chi connectivity index (χ4n) is 2.49. The molecule has 0 unspecified atom stereocenters. The van der Waals surface area contributed by atoms with Gasteiger partial charge in [0.1, 0.15) is 0 Å². The number of hydrogen-bond donors (Lipinski definition) is 0. The van der Waals surface area contributed by atoms with Crippen LogP contribution in [0.1, 0.15) is 32.4 Å². The normalized spacial score (nSPS) is 11.6. The molecule has 22 heteroatoms. The van der Waals surface area contributed by atoms with Gasteiger partial charge in [0.25, 0.3) is 0 Å². The monoisotopic (exact) mass is 478 g/mol. The van der Waals surface area contributed by atoms with E-state index in [0.29, 0.717) is 0 Å². The minimum absolute atomic E-state index is 0.0653. The molecule has 0 aliphatic heterocycles. The van der Waals surface area contributed by atoms with Gasteiger partial charge in [0, 0.05) is 13.1 Å². The van der Waals surface area contributed by atoms with Crippen molar-refractivity contribution in [2.75, 3.05) is 18.0 Å². The largest absolute Gasteiger partial charge is 0.763 e. The molecule has 33 heavy (non-hydrogen) atoms. The maximum Gasteiger partial charge on any atom is 0.763 e. The van der Waals surface area contributed by atoms with Crippen molar-refractivity contribution in [1.29, 1.82) is 0 Å². The summed E-state index contributed by atoms with van der Waals surface area (Å²) < 4.78 is 0. The van der Waals surface area contributed by atoms with Crippen molar-refractivity contribution in [1.82, 2.24) is 15.0 Å². The lowest BCUT2D eigenvalue weighted by Crippen LogP contribution is -2.54. The Hall–Kier alpha value is -4.79. The van der Waals surface area contributed by atoms with E-state index in [1.54, 1.807) is 13.8 Å². The first-order chi connectivity index (χ1) is 15.1. The summed E-state index contributed by atoms with van der Waals surface area (Å²) in [4.78, 5) is 66.4. The van der Waals surface area contributed by atoms with Gasteiger partial charge in [0.15, 0.2) is 29.5 Å². The lowest BCUT2D eigenvalue weighted by Gasteiger charge is -2.23. The van der Waals surface area contributed by atoms with Gasteiger partial charge in [-0.15, -0.1) is 0 Å². The standard InChI is InChI=1S/C11H14N10O12/c1-4-15(5-6(2)3)9-13-7(10(16(22)23,17(24)25)18(26)27)12-8(14-9)11(19(28)29,20(30)31)21(32)33/h6H,4-5H2,1-3H3. The maximum absolute atomic E-state index is 11.4. The van der Waals surface area contributed by atoms with Gasteiger partial charge in [0.2, 0.25) is 5.95 Å². The van der Waals surface area contributed by atoms with Crippen molar-refractivity contribution in [2.45, 2.75) is 32.3 Å². The van der Waals surface area contributed by atoms with E-state index in [-0.39, 0.29) is 19.0 Å². The van der Waals surface area contributed by atoms with Crippen LogP contribution in [-0.2, 0) is 11.6 Å². The zero-order chi connectivity index (χ0) is 25.9. The molecule has 1 rings (SSSR count). The minimum Gasteiger partial charge on any atom is -0.341 e. The Morgan fingerprint density at radius 1 is 0.697 bits per heavy atom. The van der Waals surface area contributed by atoms with Crippen LogP contribution in [0.25, 0.3) is 0 Å². The Labute approximate surface area is 180 Å². The third-order valence-electron chi connectivity index (χ3n) is 4.00. The summed E-state index contributed by atoms with van der Waals surface area (Å²) in [5.41, 5.74) is 0. The highest BCUT2D eigenvalue weighted by atomic mass is 16.7. The summed E-state index contributed by atoms with van der Waals surface area (Å²) in [5.74, 6) is -14.5. The lowest BCUT2D eigenvalue weighted by molar-refractivity contribution is -0.989. The van der Waals surface area contributed by atoms with Crippen LogP contribution in [0.3, 0.4) is 0 Å². The molecule has 180 valence electrons. The van der Waals surface area contributed by atoms with Crippen molar-refractivity contribution < 1.29 is 29.5 Å². The summed E-state index contributed by atoms with van der Waals surface area (Å²) in [6, 6.07) is 0. The van der Waals surface area contributed by atoms with Crippen LogP contribution in [0.2, 0.25) is 0 Å². The van der Waals surface area contributed by atoms with Crippen LogP contribution in [0.5, 0.6) is 0 Å². The first-order valence-electron chi connectivity index (χ1n) is 8.50. The molecule has 0 fully saturated rings. The number of nitro groups is 6. The van der Waals surface area contributed by atoms with Gasteiger partial charge in [-0.3, -0.25) is 60.7 Å². The van der Waals surface area contributed by atoms with Gasteiger partial charge in [-0.2, -0.15) is 15.0 Å².